The summed E-state index contributed by atoms with van der Waals surface area (Å²) in [4.78, 5) is 9.01. The van der Waals surface area contributed by atoms with Gasteiger partial charge in [-0.25, -0.2) is 9.97 Å². The van der Waals surface area contributed by atoms with Crippen molar-refractivity contribution >= 4 is 11.6 Å². The van der Waals surface area contributed by atoms with E-state index in [1.165, 1.54) is 0 Å². The first-order chi connectivity index (χ1) is 13.1. The van der Waals surface area contributed by atoms with Gasteiger partial charge in [0.05, 0.1) is 39.2 Å². The quantitative estimate of drug-likeness (QED) is 0.621. The Morgan fingerprint density at radius 2 is 1.41 bits per heavy atom. The lowest BCUT2D eigenvalue weighted by atomic mass is 10.1. The van der Waals surface area contributed by atoms with E-state index in [1.54, 1.807) is 46.8 Å². The summed E-state index contributed by atoms with van der Waals surface area (Å²) in [6.45, 7) is 0. The first-order valence-electron chi connectivity index (χ1n) is 8.08. The van der Waals surface area contributed by atoms with Crippen LogP contribution in [-0.2, 0) is 0 Å². The van der Waals surface area contributed by atoms with Crippen LogP contribution in [0.15, 0.2) is 42.6 Å². The highest BCUT2D eigenvalue weighted by Gasteiger charge is 2.15. The van der Waals surface area contributed by atoms with Crippen molar-refractivity contribution in [2.75, 3.05) is 28.4 Å². The second-order valence-corrected chi connectivity index (χ2v) is 5.94. The van der Waals surface area contributed by atoms with E-state index >= 15 is 0 Å². The Morgan fingerprint density at radius 1 is 0.741 bits per heavy atom. The molecule has 0 bridgehead atoms. The van der Waals surface area contributed by atoms with Gasteiger partial charge in [-0.05, 0) is 36.4 Å². The Labute approximate surface area is 162 Å². The molecular weight excluding hydrogens is 368 g/mol. The highest BCUT2D eigenvalue weighted by molar-refractivity contribution is 6.32. The summed E-state index contributed by atoms with van der Waals surface area (Å²) in [6, 6.07) is 10.9. The van der Waals surface area contributed by atoms with Crippen LogP contribution in [0.3, 0.4) is 0 Å². The van der Waals surface area contributed by atoms with Gasteiger partial charge in [-0.2, -0.15) is 0 Å². The van der Waals surface area contributed by atoms with Gasteiger partial charge in [0.15, 0.2) is 17.3 Å². The van der Waals surface area contributed by atoms with Crippen LogP contribution in [0, 0.1) is 0 Å². The maximum absolute atomic E-state index is 6.22. The summed E-state index contributed by atoms with van der Waals surface area (Å²) in [7, 11) is 6.29. The molecule has 0 fully saturated rings. The molecule has 0 aliphatic rings. The van der Waals surface area contributed by atoms with Gasteiger partial charge >= 0.3 is 0 Å². The fourth-order valence-corrected chi connectivity index (χ4v) is 2.95. The zero-order chi connectivity index (χ0) is 19.4. The Morgan fingerprint density at radius 3 is 1.96 bits per heavy atom. The molecule has 3 aromatic rings. The molecule has 0 radical (unpaired) electrons. The fraction of sp³-hybridized carbons (Fsp3) is 0.200. The molecule has 0 amide bonds. The largest absolute Gasteiger partial charge is 0.495 e. The van der Waals surface area contributed by atoms with Crippen molar-refractivity contribution in [2.45, 2.75) is 0 Å². The third-order valence-electron chi connectivity index (χ3n) is 4.03. The summed E-state index contributed by atoms with van der Waals surface area (Å²) in [6.07, 6.45) is 1.69. The van der Waals surface area contributed by atoms with Crippen molar-refractivity contribution in [2.24, 2.45) is 0 Å². The van der Waals surface area contributed by atoms with Crippen LogP contribution in [0.2, 0.25) is 5.02 Å². The van der Waals surface area contributed by atoms with Crippen LogP contribution in [0.1, 0.15) is 0 Å². The molecule has 0 atom stereocenters. The SMILES string of the molecule is COc1ccc(-c2nccc(-c3cc(OC)c(OC)c(OC)c3)n2)cc1Cl. The number of nitrogens with zero attached hydrogens (tertiary/aromatic N) is 2. The third kappa shape index (κ3) is 3.75. The lowest BCUT2D eigenvalue weighted by Gasteiger charge is -2.14. The van der Waals surface area contributed by atoms with Crippen LogP contribution < -0.4 is 18.9 Å². The van der Waals surface area contributed by atoms with Crippen LogP contribution in [0.4, 0.5) is 0 Å². The molecule has 1 aromatic heterocycles. The summed E-state index contributed by atoms with van der Waals surface area (Å²) < 4.78 is 21.4. The van der Waals surface area contributed by atoms with Crippen molar-refractivity contribution in [1.29, 1.82) is 0 Å². The third-order valence-corrected chi connectivity index (χ3v) is 4.32. The fourth-order valence-electron chi connectivity index (χ4n) is 2.69. The van der Waals surface area contributed by atoms with Crippen molar-refractivity contribution in [3.8, 4) is 45.6 Å². The summed E-state index contributed by atoms with van der Waals surface area (Å²) in [5.74, 6) is 2.78. The van der Waals surface area contributed by atoms with Crippen molar-refractivity contribution in [1.82, 2.24) is 9.97 Å². The topological polar surface area (TPSA) is 62.7 Å². The minimum absolute atomic E-state index is 0.497. The number of rotatable bonds is 6. The number of methoxy groups -OCH3 is 4. The molecule has 0 unspecified atom stereocenters. The number of aromatic nitrogens is 2. The average Bonchev–Trinajstić information content (AvgIpc) is 2.72. The van der Waals surface area contributed by atoms with E-state index in [1.807, 2.05) is 24.3 Å². The highest BCUT2D eigenvalue weighted by Crippen LogP contribution is 2.41. The molecule has 7 heteroatoms. The van der Waals surface area contributed by atoms with Gasteiger partial charge in [0.1, 0.15) is 5.75 Å². The maximum Gasteiger partial charge on any atom is 0.203 e. The van der Waals surface area contributed by atoms with Crippen LogP contribution >= 0.6 is 11.6 Å². The van der Waals surface area contributed by atoms with E-state index in [4.69, 9.17) is 30.5 Å². The molecule has 6 nitrogen and oxygen atoms in total. The predicted molar refractivity (Wildman–Crippen MR) is 104 cm³/mol. The van der Waals surface area contributed by atoms with Gasteiger partial charge < -0.3 is 18.9 Å². The number of hydrogen-bond donors (Lipinski definition) is 0. The molecule has 1 heterocycles. The summed E-state index contributed by atoms with van der Waals surface area (Å²) in [5.41, 5.74) is 2.31. The molecule has 0 aliphatic heterocycles. The molecule has 0 saturated carbocycles. The standard InChI is InChI=1S/C20H19ClN2O4/c1-24-16-6-5-12(9-14(16)21)20-22-8-7-15(23-20)13-10-17(25-2)19(27-4)18(11-13)26-3/h5-11H,1-4H3. The minimum atomic E-state index is 0.497. The van der Waals surface area contributed by atoms with Crippen LogP contribution in [-0.4, -0.2) is 38.4 Å². The van der Waals surface area contributed by atoms with E-state index in [2.05, 4.69) is 9.97 Å². The van der Waals surface area contributed by atoms with Gasteiger partial charge in [0.25, 0.3) is 0 Å². The van der Waals surface area contributed by atoms with Gasteiger partial charge in [0, 0.05) is 17.3 Å². The van der Waals surface area contributed by atoms with E-state index in [-0.39, 0.29) is 0 Å². The van der Waals surface area contributed by atoms with E-state index < -0.39 is 0 Å². The lowest BCUT2D eigenvalue weighted by Crippen LogP contribution is -1.97. The monoisotopic (exact) mass is 386 g/mol. The number of hydrogen-bond acceptors (Lipinski definition) is 6. The van der Waals surface area contributed by atoms with Gasteiger partial charge in [0.2, 0.25) is 5.75 Å². The summed E-state index contributed by atoms with van der Waals surface area (Å²) in [5, 5.41) is 0.497. The minimum Gasteiger partial charge on any atom is -0.495 e. The summed E-state index contributed by atoms with van der Waals surface area (Å²) >= 11 is 6.22. The Bertz CT molecular complexity index is 937. The van der Waals surface area contributed by atoms with E-state index in [0.29, 0.717) is 39.5 Å². The molecule has 0 spiro atoms. The van der Waals surface area contributed by atoms with E-state index in [0.717, 1.165) is 11.1 Å². The molecule has 2 aromatic carbocycles. The highest BCUT2D eigenvalue weighted by atomic mass is 35.5. The second-order valence-electron chi connectivity index (χ2n) is 5.53. The Kier molecular flexibility index (Phi) is 5.66. The smallest absolute Gasteiger partial charge is 0.203 e. The molecule has 3 rings (SSSR count). The molecule has 140 valence electrons. The van der Waals surface area contributed by atoms with Crippen molar-refractivity contribution in [3.05, 3.63) is 47.6 Å². The first kappa shape index (κ1) is 18.8. The normalized spacial score (nSPS) is 10.4. The Hall–Kier alpha value is -2.99. The molecule has 27 heavy (non-hydrogen) atoms. The predicted octanol–water partition coefficient (Wildman–Crippen LogP) is 4.50. The molecular formula is C20H19ClN2O4. The number of halogens is 1. The molecule has 0 N–H and O–H groups in total. The maximum atomic E-state index is 6.22. The van der Waals surface area contributed by atoms with Crippen LogP contribution in [0.5, 0.6) is 23.0 Å². The Balaban J connectivity index is 2.07. The van der Waals surface area contributed by atoms with Crippen molar-refractivity contribution < 1.29 is 18.9 Å². The first-order valence-corrected chi connectivity index (χ1v) is 8.46. The molecule has 0 saturated heterocycles. The van der Waals surface area contributed by atoms with Gasteiger partial charge in [-0.3, -0.25) is 0 Å². The van der Waals surface area contributed by atoms with Crippen molar-refractivity contribution in [3.63, 3.8) is 0 Å². The average molecular weight is 387 g/mol. The molecule has 0 aliphatic carbocycles. The second kappa shape index (κ2) is 8.14. The van der Waals surface area contributed by atoms with E-state index in [9.17, 15) is 0 Å². The zero-order valence-corrected chi connectivity index (χ0v) is 16.2. The van der Waals surface area contributed by atoms with Crippen LogP contribution in [0.25, 0.3) is 22.6 Å². The van der Waals surface area contributed by atoms with Gasteiger partial charge in [-0.15, -0.1) is 0 Å². The lowest BCUT2D eigenvalue weighted by molar-refractivity contribution is 0.324. The number of benzene rings is 2. The van der Waals surface area contributed by atoms with Gasteiger partial charge in [-0.1, -0.05) is 11.6 Å². The number of ether oxygens (including phenoxy) is 4. The zero-order valence-electron chi connectivity index (χ0n) is 15.4.